The molecule has 3 aromatic carbocycles. The summed E-state index contributed by atoms with van der Waals surface area (Å²) in [5, 5.41) is 11.0. The zero-order valence-corrected chi connectivity index (χ0v) is 18.1. The van der Waals surface area contributed by atoms with E-state index in [1.807, 2.05) is 60.7 Å². The number of ether oxygens (including phenoxy) is 1. The Labute approximate surface area is 190 Å². The predicted octanol–water partition coefficient (Wildman–Crippen LogP) is 3.78. The molecule has 1 atom stereocenters. The fourth-order valence-corrected chi connectivity index (χ4v) is 4.12. The lowest BCUT2D eigenvalue weighted by Gasteiger charge is -2.23. The number of hydrogen-bond donors (Lipinski definition) is 0. The van der Waals surface area contributed by atoms with E-state index in [2.05, 4.69) is 5.10 Å². The first-order valence-corrected chi connectivity index (χ1v) is 10.7. The molecule has 1 aliphatic rings. The fourth-order valence-electron chi connectivity index (χ4n) is 4.12. The van der Waals surface area contributed by atoms with E-state index >= 15 is 0 Å². The van der Waals surface area contributed by atoms with E-state index in [0.717, 1.165) is 22.6 Å². The lowest BCUT2D eigenvalue weighted by Crippen LogP contribution is -2.31. The average molecular weight is 438 g/mol. The highest BCUT2D eigenvalue weighted by molar-refractivity contribution is 6.03. The van der Waals surface area contributed by atoms with E-state index in [0.29, 0.717) is 17.3 Å². The molecule has 2 heterocycles. The Morgan fingerprint density at radius 3 is 2.48 bits per heavy atom. The van der Waals surface area contributed by atoms with Gasteiger partial charge in [-0.1, -0.05) is 54.6 Å². The summed E-state index contributed by atoms with van der Waals surface area (Å²) in [6.45, 7) is -0.0288. The molecule has 1 amide bonds. The van der Waals surface area contributed by atoms with Crippen molar-refractivity contribution in [2.45, 2.75) is 19.0 Å². The standard InChI is InChI=1S/C26H22N4O3/c1-33-20-13-11-19(12-14-20)24-15-22(18-7-3-2-4-8-18)28-30(24)26(32)17-29-23-10-6-5-9-21(23)25(31)16-27-29/h2-14,16,24H,15,17H2,1H3. The molecule has 5 rings (SSSR count). The van der Waals surface area contributed by atoms with Crippen LogP contribution < -0.4 is 10.2 Å². The van der Waals surface area contributed by atoms with Crippen molar-refractivity contribution in [3.63, 3.8) is 0 Å². The molecule has 7 nitrogen and oxygen atoms in total. The second-order valence-corrected chi connectivity index (χ2v) is 7.83. The number of benzene rings is 3. The highest BCUT2D eigenvalue weighted by Gasteiger charge is 2.33. The van der Waals surface area contributed by atoms with Crippen molar-refractivity contribution >= 4 is 22.5 Å². The summed E-state index contributed by atoms with van der Waals surface area (Å²) in [4.78, 5) is 25.6. The van der Waals surface area contributed by atoms with Crippen molar-refractivity contribution < 1.29 is 9.53 Å². The average Bonchev–Trinajstić information content (AvgIpc) is 3.32. The van der Waals surface area contributed by atoms with Crippen molar-refractivity contribution in [2.75, 3.05) is 7.11 Å². The molecule has 0 saturated carbocycles. The van der Waals surface area contributed by atoms with Crippen LogP contribution in [0.2, 0.25) is 0 Å². The first-order chi connectivity index (χ1) is 16.1. The van der Waals surface area contributed by atoms with Crippen LogP contribution in [0, 0.1) is 0 Å². The Morgan fingerprint density at radius 2 is 1.73 bits per heavy atom. The minimum absolute atomic E-state index is 0.0288. The van der Waals surface area contributed by atoms with Crippen LogP contribution in [0.25, 0.3) is 10.9 Å². The van der Waals surface area contributed by atoms with Gasteiger partial charge in [-0.05, 0) is 35.4 Å². The molecule has 0 aliphatic carbocycles. The van der Waals surface area contributed by atoms with Gasteiger partial charge in [-0.3, -0.25) is 14.3 Å². The summed E-state index contributed by atoms with van der Waals surface area (Å²) in [5.74, 6) is 0.547. The van der Waals surface area contributed by atoms with Gasteiger partial charge in [-0.15, -0.1) is 0 Å². The second kappa shape index (κ2) is 8.70. The minimum atomic E-state index is -0.246. The molecule has 0 saturated heterocycles. The van der Waals surface area contributed by atoms with Crippen molar-refractivity contribution in [3.05, 3.63) is 106 Å². The lowest BCUT2D eigenvalue weighted by molar-refractivity contribution is -0.133. The number of hydrogen-bond acceptors (Lipinski definition) is 5. The third kappa shape index (κ3) is 4.01. The molecule has 0 spiro atoms. The van der Waals surface area contributed by atoms with Gasteiger partial charge in [0.25, 0.3) is 5.91 Å². The highest BCUT2D eigenvalue weighted by Crippen LogP contribution is 2.33. The molecule has 4 aromatic rings. The Balaban J connectivity index is 1.50. The first-order valence-electron chi connectivity index (χ1n) is 10.7. The topological polar surface area (TPSA) is 76.8 Å². The van der Waals surface area contributed by atoms with Crippen LogP contribution in [-0.2, 0) is 11.3 Å². The third-order valence-corrected chi connectivity index (χ3v) is 5.82. The van der Waals surface area contributed by atoms with E-state index in [1.54, 1.807) is 35.0 Å². The molecule has 1 aromatic heterocycles. The Morgan fingerprint density at radius 1 is 1.00 bits per heavy atom. The zero-order chi connectivity index (χ0) is 22.8. The summed E-state index contributed by atoms with van der Waals surface area (Å²) in [6.07, 6.45) is 1.85. The molecule has 1 unspecified atom stereocenters. The number of rotatable bonds is 5. The molecular formula is C26H22N4O3. The molecule has 0 radical (unpaired) electrons. The predicted molar refractivity (Wildman–Crippen MR) is 126 cm³/mol. The molecule has 1 aliphatic heterocycles. The Kier molecular flexibility index (Phi) is 5.44. The first kappa shape index (κ1) is 20.6. The van der Waals surface area contributed by atoms with Gasteiger partial charge in [0.2, 0.25) is 5.43 Å². The van der Waals surface area contributed by atoms with Gasteiger partial charge in [-0.2, -0.15) is 10.2 Å². The molecular weight excluding hydrogens is 416 g/mol. The zero-order valence-electron chi connectivity index (χ0n) is 18.1. The van der Waals surface area contributed by atoms with Crippen LogP contribution in [0.5, 0.6) is 5.75 Å². The van der Waals surface area contributed by atoms with Gasteiger partial charge in [0, 0.05) is 11.8 Å². The van der Waals surface area contributed by atoms with Gasteiger partial charge >= 0.3 is 0 Å². The number of carbonyl (C=O) groups excluding carboxylic acids is 1. The van der Waals surface area contributed by atoms with Crippen LogP contribution in [0.1, 0.15) is 23.6 Å². The number of methoxy groups -OCH3 is 1. The highest BCUT2D eigenvalue weighted by atomic mass is 16.5. The number of para-hydroxylation sites is 1. The fraction of sp³-hybridized carbons (Fsp3) is 0.154. The van der Waals surface area contributed by atoms with Gasteiger partial charge < -0.3 is 4.74 Å². The SMILES string of the molecule is COc1ccc(C2CC(c3ccccc3)=NN2C(=O)Cn2ncc(=O)c3ccccc32)cc1. The number of nitrogens with zero attached hydrogens (tertiary/aromatic N) is 4. The largest absolute Gasteiger partial charge is 0.497 e. The summed E-state index contributed by atoms with van der Waals surface area (Å²) in [7, 11) is 1.62. The molecule has 33 heavy (non-hydrogen) atoms. The second-order valence-electron chi connectivity index (χ2n) is 7.83. The van der Waals surface area contributed by atoms with Gasteiger partial charge in [0.1, 0.15) is 12.3 Å². The van der Waals surface area contributed by atoms with Gasteiger partial charge in [-0.25, -0.2) is 5.01 Å². The maximum atomic E-state index is 13.5. The van der Waals surface area contributed by atoms with Crippen LogP contribution in [0.15, 0.2) is 95.0 Å². The van der Waals surface area contributed by atoms with Gasteiger partial charge in [0.15, 0.2) is 0 Å². The van der Waals surface area contributed by atoms with Crippen LogP contribution in [-0.4, -0.2) is 33.5 Å². The smallest absolute Gasteiger partial charge is 0.264 e. The van der Waals surface area contributed by atoms with Crippen LogP contribution in [0.4, 0.5) is 0 Å². The van der Waals surface area contributed by atoms with Crippen molar-refractivity contribution in [1.82, 2.24) is 14.8 Å². The normalized spacial score (nSPS) is 15.5. The van der Waals surface area contributed by atoms with E-state index in [4.69, 9.17) is 9.84 Å². The third-order valence-electron chi connectivity index (χ3n) is 5.82. The summed E-state index contributed by atoms with van der Waals surface area (Å²) in [6, 6.07) is 24.5. The van der Waals surface area contributed by atoms with Crippen molar-refractivity contribution in [1.29, 1.82) is 0 Å². The van der Waals surface area contributed by atoms with E-state index < -0.39 is 0 Å². The maximum Gasteiger partial charge on any atom is 0.264 e. The molecule has 0 N–H and O–H groups in total. The summed E-state index contributed by atoms with van der Waals surface area (Å²) in [5.41, 5.74) is 3.25. The van der Waals surface area contributed by atoms with E-state index in [1.165, 1.54) is 6.20 Å². The maximum absolute atomic E-state index is 13.5. The van der Waals surface area contributed by atoms with E-state index in [-0.39, 0.29) is 23.9 Å². The number of hydrazone groups is 1. The number of aromatic nitrogens is 2. The van der Waals surface area contributed by atoms with Gasteiger partial charge in [0.05, 0.1) is 30.6 Å². The number of amides is 1. The van der Waals surface area contributed by atoms with Crippen molar-refractivity contribution in [2.24, 2.45) is 5.10 Å². The minimum Gasteiger partial charge on any atom is -0.497 e. The summed E-state index contributed by atoms with van der Waals surface area (Å²) < 4.78 is 6.84. The quantitative estimate of drug-likeness (QED) is 0.475. The van der Waals surface area contributed by atoms with E-state index in [9.17, 15) is 9.59 Å². The van der Waals surface area contributed by atoms with Crippen LogP contribution >= 0.6 is 0 Å². The molecule has 7 heteroatoms. The number of fused-ring (bicyclic) bond motifs is 1. The molecule has 0 bridgehead atoms. The number of carbonyl (C=O) groups is 1. The van der Waals surface area contributed by atoms with Crippen LogP contribution in [0.3, 0.4) is 0 Å². The monoisotopic (exact) mass is 438 g/mol. The molecule has 0 fully saturated rings. The Bertz CT molecular complexity index is 1390. The Hall–Kier alpha value is -4.26. The molecule has 164 valence electrons. The lowest BCUT2D eigenvalue weighted by atomic mass is 9.98. The summed E-state index contributed by atoms with van der Waals surface area (Å²) >= 11 is 0. The van der Waals surface area contributed by atoms with Crippen molar-refractivity contribution in [3.8, 4) is 5.75 Å².